The van der Waals surface area contributed by atoms with E-state index in [0.29, 0.717) is 11.6 Å². The highest BCUT2D eigenvalue weighted by molar-refractivity contribution is 6.31. The van der Waals surface area contributed by atoms with Crippen molar-refractivity contribution in [2.45, 2.75) is 19.9 Å². The van der Waals surface area contributed by atoms with E-state index >= 15 is 0 Å². The minimum atomic E-state index is -0.123. The van der Waals surface area contributed by atoms with Crippen LogP contribution in [0.25, 0.3) is 0 Å². The molecule has 0 unspecified atom stereocenters. The van der Waals surface area contributed by atoms with Gasteiger partial charge in [0.05, 0.1) is 12.6 Å². The van der Waals surface area contributed by atoms with E-state index in [2.05, 4.69) is 15.1 Å². The summed E-state index contributed by atoms with van der Waals surface area (Å²) < 4.78 is 0. The van der Waals surface area contributed by atoms with Crippen molar-refractivity contribution in [2.24, 2.45) is 0 Å². The van der Waals surface area contributed by atoms with Crippen LogP contribution in [0.3, 0.4) is 0 Å². The summed E-state index contributed by atoms with van der Waals surface area (Å²) in [5.74, 6) is 0.0834. The molecule has 1 atom stereocenters. The standard InChI is InChI=1S/C22H26ClN3O2/c1-16(20-5-3-4-6-21(20)23)24-22(28)15-25-11-13-26(14-12-25)19-9-7-18(8-10-19)17(2)27/h3-10,16H,11-15H2,1-2H3,(H,24,28)/t16-/m0/s1. The lowest BCUT2D eigenvalue weighted by Crippen LogP contribution is -2.49. The monoisotopic (exact) mass is 399 g/mol. The molecule has 28 heavy (non-hydrogen) atoms. The molecule has 5 nitrogen and oxygen atoms in total. The Balaban J connectivity index is 1.48. The molecule has 2 aromatic carbocycles. The smallest absolute Gasteiger partial charge is 0.234 e. The molecular weight excluding hydrogens is 374 g/mol. The molecule has 0 bridgehead atoms. The van der Waals surface area contributed by atoms with Crippen LogP contribution in [0.1, 0.15) is 35.8 Å². The number of ketones is 1. The predicted octanol–water partition coefficient (Wildman–Crippen LogP) is 3.54. The van der Waals surface area contributed by atoms with Crippen LogP contribution in [-0.4, -0.2) is 49.3 Å². The van der Waals surface area contributed by atoms with Gasteiger partial charge < -0.3 is 10.2 Å². The number of nitrogens with one attached hydrogen (secondary N) is 1. The van der Waals surface area contributed by atoms with Gasteiger partial charge in [-0.25, -0.2) is 0 Å². The molecule has 1 aliphatic rings. The van der Waals surface area contributed by atoms with Gasteiger partial charge in [-0.15, -0.1) is 0 Å². The fourth-order valence-corrected chi connectivity index (χ4v) is 3.76. The molecule has 148 valence electrons. The fraction of sp³-hybridized carbons (Fsp3) is 0.364. The van der Waals surface area contributed by atoms with Crippen molar-refractivity contribution in [3.63, 3.8) is 0 Å². The molecule has 0 aromatic heterocycles. The fourth-order valence-electron chi connectivity index (χ4n) is 3.47. The van der Waals surface area contributed by atoms with Crippen LogP contribution in [0.5, 0.6) is 0 Å². The van der Waals surface area contributed by atoms with Crippen molar-refractivity contribution < 1.29 is 9.59 Å². The first-order valence-corrected chi connectivity index (χ1v) is 9.94. The first kappa shape index (κ1) is 20.4. The SMILES string of the molecule is CC(=O)c1ccc(N2CCN(CC(=O)N[C@@H](C)c3ccccc3Cl)CC2)cc1. The van der Waals surface area contributed by atoms with Gasteiger partial charge in [0, 0.05) is 42.5 Å². The summed E-state index contributed by atoms with van der Waals surface area (Å²) in [6, 6.07) is 15.2. The third-order valence-electron chi connectivity index (χ3n) is 5.13. The highest BCUT2D eigenvalue weighted by Gasteiger charge is 2.20. The number of hydrogen-bond acceptors (Lipinski definition) is 4. The van der Waals surface area contributed by atoms with E-state index in [-0.39, 0.29) is 17.7 Å². The number of halogens is 1. The molecular formula is C22H26ClN3O2. The number of carbonyl (C=O) groups is 2. The van der Waals surface area contributed by atoms with Crippen LogP contribution in [-0.2, 0) is 4.79 Å². The lowest BCUT2D eigenvalue weighted by Gasteiger charge is -2.36. The highest BCUT2D eigenvalue weighted by atomic mass is 35.5. The molecule has 3 rings (SSSR count). The Hall–Kier alpha value is -2.37. The second-order valence-electron chi connectivity index (χ2n) is 7.18. The molecule has 2 aromatic rings. The molecule has 1 fully saturated rings. The minimum Gasteiger partial charge on any atom is -0.369 e. The number of hydrogen-bond donors (Lipinski definition) is 1. The second-order valence-corrected chi connectivity index (χ2v) is 7.58. The summed E-state index contributed by atoms with van der Waals surface area (Å²) in [5, 5.41) is 3.70. The van der Waals surface area contributed by atoms with Crippen LogP contribution < -0.4 is 10.2 Å². The van der Waals surface area contributed by atoms with Crippen molar-refractivity contribution in [1.29, 1.82) is 0 Å². The number of carbonyl (C=O) groups excluding carboxylic acids is 2. The molecule has 1 aliphatic heterocycles. The Morgan fingerprint density at radius 2 is 1.68 bits per heavy atom. The lowest BCUT2D eigenvalue weighted by molar-refractivity contribution is -0.123. The van der Waals surface area contributed by atoms with E-state index in [1.165, 1.54) is 0 Å². The molecule has 6 heteroatoms. The lowest BCUT2D eigenvalue weighted by atomic mass is 10.1. The third-order valence-corrected chi connectivity index (χ3v) is 5.47. The number of benzene rings is 2. The van der Waals surface area contributed by atoms with E-state index in [4.69, 9.17) is 11.6 Å². The maximum absolute atomic E-state index is 12.4. The molecule has 0 radical (unpaired) electrons. The Morgan fingerprint density at radius 3 is 2.29 bits per heavy atom. The topological polar surface area (TPSA) is 52.7 Å². The third kappa shape index (κ3) is 5.12. The average Bonchev–Trinajstić information content (AvgIpc) is 2.69. The summed E-state index contributed by atoms with van der Waals surface area (Å²) in [6.45, 7) is 7.25. The normalized spacial score (nSPS) is 15.9. The van der Waals surface area contributed by atoms with Crippen LogP contribution in [0.4, 0.5) is 5.69 Å². The predicted molar refractivity (Wildman–Crippen MR) is 113 cm³/mol. The Kier molecular flexibility index (Phi) is 6.70. The molecule has 1 heterocycles. The van der Waals surface area contributed by atoms with Gasteiger partial charge >= 0.3 is 0 Å². The molecule has 1 saturated heterocycles. The zero-order valence-corrected chi connectivity index (χ0v) is 17.1. The average molecular weight is 400 g/mol. The van der Waals surface area contributed by atoms with E-state index < -0.39 is 0 Å². The molecule has 1 N–H and O–H groups in total. The van der Waals surface area contributed by atoms with E-state index in [1.54, 1.807) is 6.92 Å². The Labute approximate surface area is 171 Å². The van der Waals surface area contributed by atoms with Gasteiger partial charge in [0.2, 0.25) is 5.91 Å². The number of anilines is 1. The zero-order valence-electron chi connectivity index (χ0n) is 16.3. The van der Waals surface area contributed by atoms with Crippen molar-refractivity contribution >= 4 is 29.0 Å². The quantitative estimate of drug-likeness (QED) is 0.755. The van der Waals surface area contributed by atoms with Gasteiger partial charge in [0.1, 0.15) is 0 Å². The highest BCUT2D eigenvalue weighted by Crippen LogP contribution is 2.22. The summed E-state index contributed by atoms with van der Waals surface area (Å²) in [6.07, 6.45) is 0. The Morgan fingerprint density at radius 1 is 1.04 bits per heavy atom. The molecule has 0 aliphatic carbocycles. The second kappa shape index (κ2) is 9.22. The largest absolute Gasteiger partial charge is 0.369 e. The summed E-state index contributed by atoms with van der Waals surface area (Å²) in [4.78, 5) is 28.3. The van der Waals surface area contributed by atoms with Gasteiger partial charge in [-0.3, -0.25) is 14.5 Å². The molecule has 1 amide bonds. The number of rotatable bonds is 6. The summed E-state index contributed by atoms with van der Waals surface area (Å²) in [7, 11) is 0. The van der Waals surface area contributed by atoms with Gasteiger partial charge in [0.15, 0.2) is 5.78 Å². The van der Waals surface area contributed by atoms with E-state index in [9.17, 15) is 9.59 Å². The van der Waals surface area contributed by atoms with Crippen LogP contribution in [0, 0.1) is 0 Å². The van der Waals surface area contributed by atoms with E-state index in [0.717, 1.165) is 43.0 Å². The Bertz CT molecular complexity index is 830. The summed E-state index contributed by atoms with van der Waals surface area (Å²) >= 11 is 6.21. The number of amides is 1. The van der Waals surface area contributed by atoms with Gasteiger partial charge in [-0.05, 0) is 49.7 Å². The van der Waals surface area contributed by atoms with E-state index in [1.807, 2.05) is 55.5 Å². The van der Waals surface area contributed by atoms with Crippen molar-refractivity contribution in [3.05, 3.63) is 64.7 Å². The van der Waals surface area contributed by atoms with Crippen molar-refractivity contribution in [2.75, 3.05) is 37.6 Å². The van der Waals surface area contributed by atoms with Crippen LogP contribution in [0.15, 0.2) is 48.5 Å². The van der Waals surface area contributed by atoms with Gasteiger partial charge in [0.25, 0.3) is 0 Å². The van der Waals surface area contributed by atoms with Crippen LogP contribution in [0.2, 0.25) is 5.02 Å². The first-order chi connectivity index (χ1) is 13.4. The number of nitrogens with zero attached hydrogens (tertiary/aromatic N) is 2. The molecule has 0 spiro atoms. The summed E-state index contributed by atoms with van der Waals surface area (Å²) in [5.41, 5.74) is 2.77. The van der Waals surface area contributed by atoms with Gasteiger partial charge in [-0.1, -0.05) is 29.8 Å². The molecule has 0 saturated carbocycles. The number of Topliss-reactive ketones (excluding diaryl/α,β-unsaturated/α-hetero) is 1. The number of piperazine rings is 1. The maximum atomic E-state index is 12.4. The van der Waals surface area contributed by atoms with Crippen molar-refractivity contribution in [1.82, 2.24) is 10.2 Å². The maximum Gasteiger partial charge on any atom is 0.234 e. The van der Waals surface area contributed by atoms with Crippen LogP contribution >= 0.6 is 11.6 Å². The minimum absolute atomic E-state index is 0.00619. The zero-order chi connectivity index (χ0) is 20.1. The first-order valence-electron chi connectivity index (χ1n) is 9.56. The van der Waals surface area contributed by atoms with Crippen molar-refractivity contribution in [3.8, 4) is 0 Å². The van der Waals surface area contributed by atoms with Gasteiger partial charge in [-0.2, -0.15) is 0 Å².